The highest BCUT2D eigenvalue weighted by atomic mass is 32.1. The fraction of sp³-hybridized carbons (Fsp3) is 0.348. The molecule has 8 nitrogen and oxygen atoms in total. The molecule has 0 saturated carbocycles. The maximum Gasteiger partial charge on any atom is 0.251 e. The van der Waals surface area contributed by atoms with Crippen LogP contribution in [0.15, 0.2) is 54.0 Å². The second-order valence-corrected chi connectivity index (χ2v) is 9.06. The maximum atomic E-state index is 12.7. The molecule has 0 aliphatic carbocycles. The third-order valence-corrected chi connectivity index (χ3v) is 6.65. The molecular weight excluding hydrogens is 426 g/mol. The van der Waals surface area contributed by atoms with Crippen molar-refractivity contribution in [1.29, 1.82) is 0 Å². The van der Waals surface area contributed by atoms with Crippen molar-refractivity contribution in [1.82, 2.24) is 15.3 Å². The van der Waals surface area contributed by atoms with Crippen LogP contribution in [0.4, 0.5) is 11.6 Å². The summed E-state index contributed by atoms with van der Waals surface area (Å²) < 4.78 is 12.0. The van der Waals surface area contributed by atoms with Gasteiger partial charge in [0.25, 0.3) is 5.91 Å². The molecule has 1 aromatic carbocycles. The Hall–Kier alpha value is -3.01. The van der Waals surface area contributed by atoms with Gasteiger partial charge in [0.2, 0.25) is 5.95 Å². The van der Waals surface area contributed by atoms with Gasteiger partial charge in [-0.2, -0.15) is 0 Å². The summed E-state index contributed by atoms with van der Waals surface area (Å²) in [5, 5.41) is 8.44. The van der Waals surface area contributed by atoms with Gasteiger partial charge in [-0.05, 0) is 41.8 Å². The van der Waals surface area contributed by atoms with Gasteiger partial charge in [-0.15, -0.1) is 11.3 Å². The van der Waals surface area contributed by atoms with Gasteiger partial charge in [0.05, 0.1) is 35.9 Å². The Balaban J connectivity index is 1.21. The number of carbonyl (C=O) groups excluding carboxylic acids is 1. The van der Waals surface area contributed by atoms with E-state index in [-0.39, 0.29) is 30.2 Å². The first-order valence-electron chi connectivity index (χ1n) is 10.5. The number of hydrogen-bond donors (Lipinski definition) is 2. The molecule has 2 aromatic heterocycles. The first kappa shape index (κ1) is 20.9. The number of nitrogens with zero attached hydrogens (tertiary/aromatic N) is 3. The van der Waals surface area contributed by atoms with Crippen molar-refractivity contribution in [2.45, 2.75) is 24.3 Å². The number of thiophene rings is 1. The largest absolute Gasteiger partial charge is 0.378 e. The Morgan fingerprint density at radius 2 is 1.81 bits per heavy atom. The van der Waals surface area contributed by atoms with E-state index in [1.807, 2.05) is 66.8 Å². The zero-order chi connectivity index (χ0) is 22.1. The molecular formula is C23H25N5O3S. The van der Waals surface area contributed by atoms with Gasteiger partial charge >= 0.3 is 0 Å². The predicted molar refractivity (Wildman–Crippen MR) is 124 cm³/mol. The van der Waals surface area contributed by atoms with Crippen LogP contribution in [0, 0.1) is 0 Å². The zero-order valence-electron chi connectivity index (χ0n) is 17.9. The summed E-state index contributed by atoms with van der Waals surface area (Å²) in [6.07, 6.45) is 1.36. The Morgan fingerprint density at radius 1 is 1.06 bits per heavy atom. The minimum Gasteiger partial charge on any atom is -0.378 e. The minimum atomic E-state index is -0.210. The van der Waals surface area contributed by atoms with E-state index < -0.39 is 0 Å². The molecule has 32 heavy (non-hydrogen) atoms. The van der Waals surface area contributed by atoms with E-state index in [0.29, 0.717) is 24.7 Å². The second-order valence-electron chi connectivity index (χ2n) is 8.11. The summed E-state index contributed by atoms with van der Waals surface area (Å²) in [5.41, 5.74) is 2.54. The molecule has 0 spiro atoms. The Kier molecular flexibility index (Phi) is 5.77. The van der Waals surface area contributed by atoms with Crippen LogP contribution in [0.2, 0.25) is 0 Å². The van der Waals surface area contributed by atoms with Crippen molar-refractivity contribution in [3.63, 3.8) is 0 Å². The molecule has 2 fully saturated rings. The lowest BCUT2D eigenvalue weighted by atomic mass is 10.1. The summed E-state index contributed by atoms with van der Waals surface area (Å²) in [4.78, 5) is 24.8. The number of carbonyl (C=O) groups is 1. The Labute approximate surface area is 190 Å². The number of ether oxygens (including phenoxy) is 2. The molecule has 2 saturated heterocycles. The average molecular weight is 452 g/mol. The summed E-state index contributed by atoms with van der Waals surface area (Å²) in [6.45, 7) is 0.872. The third kappa shape index (κ3) is 4.19. The fourth-order valence-electron chi connectivity index (χ4n) is 4.07. The predicted octanol–water partition coefficient (Wildman–Crippen LogP) is 2.65. The Bertz CT molecular complexity index is 1070. The van der Waals surface area contributed by atoms with Gasteiger partial charge in [-0.25, -0.2) is 9.97 Å². The second kappa shape index (κ2) is 8.85. The summed E-state index contributed by atoms with van der Waals surface area (Å²) >= 11 is 1.64. The normalized spacial score (nSPS) is 24.2. The highest BCUT2D eigenvalue weighted by Crippen LogP contribution is 2.29. The molecule has 166 valence electrons. The van der Waals surface area contributed by atoms with Crippen molar-refractivity contribution >= 4 is 28.9 Å². The molecule has 0 unspecified atom stereocenters. The third-order valence-electron chi connectivity index (χ3n) is 5.76. The number of benzene rings is 1. The smallest absolute Gasteiger partial charge is 0.251 e. The highest BCUT2D eigenvalue weighted by molar-refractivity contribution is 7.13. The molecule has 0 bridgehead atoms. The fourth-order valence-corrected chi connectivity index (χ4v) is 4.76. The van der Waals surface area contributed by atoms with Gasteiger partial charge in [0, 0.05) is 31.5 Å². The number of amides is 1. The van der Waals surface area contributed by atoms with Crippen molar-refractivity contribution in [3.05, 3.63) is 59.6 Å². The SMILES string of the molecule is CN(C)c1ccc(C(=O)N[C@@H]2CO[C@@H]3[C@@H]2OC[C@@H]3Nc2nccc(-c3cccs3)n2)cc1. The standard InChI is InChI=1S/C23H25N5O3S/c1-28(2)15-7-5-14(6-8-15)22(29)25-17-12-30-21-18(13-31-20(17)21)27-23-24-10-9-16(26-23)19-4-3-11-32-19/h3-11,17-18,20-21H,12-13H2,1-2H3,(H,25,29)(H,24,26,27)/t17-,18+,20-,21+/m1/s1. The van der Waals surface area contributed by atoms with Crippen molar-refractivity contribution in [2.24, 2.45) is 0 Å². The monoisotopic (exact) mass is 451 g/mol. The molecule has 9 heteroatoms. The van der Waals surface area contributed by atoms with E-state index in [4.69, 9.17) is 9.47 Å². The van der Waals surface area contributed by atoms with E-state index in [1.165, 1.54) is 0 Å². The van der Waals surface area contributed by atoms with E-state index >= 15 is 0 Å². The van der Waals surface area contributed by atoms with Crippen LogP contribution in [0.3, 0.4) is 0 Å². The van der Waals surface area contributed by atoms with E-state index in [9.17, 15) is 4.79 Å². The number of rotatable bonds is 6. The number of hydrogen-bond acceptors (Lipinski definition) is 8. The molecule has 5 rings (SSSR count). The van der Waals surface area contributed by atoms with Gasteiger partial charge in [0.15, 0.2) is 0 Å². The van der Waals surface area contributed by atoms with Crippen LogP contribution in [0.5, 0.6) is 0 Å². The number of fused-ring (bicyclic) bond motifs is 1. The van der Waals surface area contributed by atoms with Crippen LogP contribution < -0.4 is 15.5 Å². The summed E-state index contributed by atoms with van der Waals surface area (Å²) in [5.74, 6) is 0.416. The molecule has 4 heterocycles. The molecule has 0 radical (unpaired) electrons. The van der Waals surface area contributed by atoms with E-state index in [1.54, 1.807) is 17.5 Å². The van der Waals surface area contributed by atoms with Crippen molar-refractivity contribution < 1.29 is 14.3 Å². The van der Waals surface area contributed by atoms with Crippen LogP contribution in [0.25, 0.3) is 10.6 Å². The van der Waals surface area contributed by atoms with Crippen LogP contribution in [-0.2, 0) is 9.47 Å². The average Bonchev–Trinajstić information content (AvgIpc) is 3.55. The molecule has 3 aromatic rings. The van der Waals surface area contributed by atoms with Gasteiger partial charge in [0.1, 0.15) is 12.2 Å². The molecule has 2 aliphatic rings. The topological polar surface area (TPSA) is 88.6 Å². The van der Waals surface area contributed by atoms with Gasteiger partial charge in [-0.3, -0.25) is 4.79 Å². The van der Waals surface area contributed by atoms with Crippen LogP contribution >= 0.6 is 11.3 Å². The maximum absolute atomic E-state index is 12.7. The van der Waals surface area contributed by atoms with Crippen molar-refractivity contribution in [2.75, 3.05) is 37.5 Å². The lowest BCUT2D eigenvalue weighted by Crippen LogP contribution is -2.44. The van der Waals surface area contributed by atoms with Crippen LogP contribution in [-0.4, -0.2) is 67.5 Å². The van der Waals surface area contributed by atoms with E-state index in [2.05, 4.69) is 20.6 Å². The van der Waals surface area contributed by atoms with Crippen molar-refractivity contribution in [3.8, 4) is 10.6 Å². The number of nitrogens with one attached hydrogen (secondary N) is 2. The summed E-state index contributed by atoms with van der Waals surface area (Å²) in [7, 11) is 3.94. The molecule has 2 N–H and O–H groups in total. The minimum absolute atomic E-state index is 0.0835. The first-order chi connectivity index (χ1) is 15.6. The lowest BCUT2D eigenvalue weighted by Gasteiger charge is -2.19. The van der Waals surface area contributed by atoms with Gasteiger partial charge < -0.3 is 25.0 Å². The highest BCUT2D eigenvalue weighted by Gasteiger charge is 2.48. The Morgan fingerprint density at radius 3 is 2.53 bits per heavy atom. The van der Waals surface area contributed by atoms with Gasteiger partial charge in [-0.1, -0.05) is 6.07 Å². The van der Waals surface area contributed by atoms with Crippen LogP contribution in [0.1, 0.15) is 10.4 Å². The summed E-state index contributed by atoms with van der Waals surface area (Å²) in [6, 6.07) is 13.2. The zero-order valence-corrected chi connectivity index (χ0v) is 18.7. The molecule has 2 aliphatic heterocycles. The van der Waals surface area contributed by atoms with E-state index in [0.717, 1.165) is 16.3 Å². The molecule has 4 atom stereocenters. The first-order valence-corrected chi connectivity index (χ1v) is 11.4. The quantitative estimate of drug-likeness (QED) is 0.596. The number of aromatic nitrogens is 2. The number of anilines is 2. The molecule has 1 amide bonds. The lowest BCUT2D eigenvalue weighted by molar-refractivity contribution is 0.0652.